The van der Waals surface area contributed by atoms with Crippen molar-refractivity contribution < 1.29 is 9.90 Å². The standard InChI is InChI=1S/C10H14N2O2S/c1-12(6-9(13)14)10-11-7-4-2-3-5-8(7)15-10/h2-6H2,1H3,(H,13,14). The number of carboxylic acid groups (broad SMARTS) is 1. The molecule has 0 amide bonds. The Labute approximate surface area is 92.6 Å². The zero-order valence-corrected chi connectivity index (χ0v) is 9.51. The summed E-state index contributed by atoms with van der Waals surface area (Å²) in [5.74, 6) is -0.814. The molecule has 1 N–H and O–H groups in total. The first-order chi connectivity index (χ1) is 7.16. The van der Waals surface area contributed by atoms with Crippen LogP contribution in [0.3, 0.4) is 0 Å². The number of rotatable bonds is 3. The molecule has 0 aromatic carbocycles. The van der Waals surface area contributed by atoms with Crippen LogP contribution in [0.4, 0.5) is 5.13 Å². The van der Waals surface area contributed by atoms with Gasteiger partial charge in [-0.2, -0.15) is 0 Å². The number of fused-ring (bicyclic) bond motifs is 1. The first-order valence-electron chi connectivity index (χ1n) is 5.08. The molecule has 82 valence electrons. The van der Waals surface area contributed by atoms with Crippen LogP contribution in [-0.4, -0.2) is 29.7 Å². The van der Waals surface area contributed by atoms with Gasteiger partial charge in [0.1, 0.15) is 6.54 Å². The summed E-state index contributed by atoms with van der Waals surface area (Å²) in [6.45, 7) is 0.0202. The van der Waals surface area contributed by atoms with E-state index in [1.165, 1.54) is 23.4 Å². The minimum atomic E-state index is -0.814. The zero-order valence-electron chi connectivity index (χ0n) is 8.69. The predicted molar refractivity (Wildman–Crippen MR) is 59.7 cm³/mol. The average Bonchev–Trinajstić information content (AvgIpc) is 2.59. The van der Waals surface area contributed by atoms with E-state index in [2.05, 4.69) is 4.98 Å². The molecule has 0 spiro atoms. The van der Waals surface area contributed by atoms with E-state index in [0.717, 1.165) is 18.0 Å². The molecule has 0 fully saturated rings. The minimum absolute atomic E-state index is 0.0202. The zero-order chi connectivity index (χ0) is 10.8. The second kappa shape index (κ2) is 4.18. The number of aryl methyl sites for hydroxylation is 2. The van der Waals surface area contributed by atoms with Crippen molar-refractivity contribution in [2.75, 3.05) is 18.5 Å². The highest BCUT2D eigenvalue weighted by molar-refractivity contribution is 7.15. The van der Waals surface area contributed by atoms with Gasteiger partial charge in [-0.15, -0.1) is 11.3 Å². The van der Waals surface area contributed by atoms with Crippen molar-refractivity contribution in [2.45, 2.75) is 25.7 Å². The van der Waals surface area contributed by atoms with Crippen LogP contribution in [0.2, 0.25) is 0 Å². The molecular weight excluding hydrogens is 212 g/mol. The predicted octanol–water partition coefficient (Wildman–Crippen LogP) is 1.54. The van der Waals surface area contributed by atoms with Crippen LogP contribution >= 0.6 is 11.3 Å². The van der Waals surface area contributed by atoms with E-state index >= 15 is 0 Å². The molecule has 1 heterocycles. The third-order valence-corrected chi connectivity index (χ3v) is 3.81. The number of aromatic nitrogens is 1. The van der Waals surface area contributed by atoms with Crippen LogP contribution in [0.1, 0.15) is 23.4 Å². The first kappa shape index (κ1) is 10.4. The highest BCUT2D eigenvalue weighted by Gasteiger charge is 2.17. The molecule has 0 bridgehead atoms. The molecule has 0 unspecified atom stereocenters. The van der Waals surface area contributed by atoms with Gasteiger partial charge in [0, 0.05) is 11.9 Å². The lowest BCUT2D eigenvalue weighted by Crippen LogP contribution is -2.24. The summed E-state index contributed by atoms with van der Waals surface area (Å²) in [5, 5.41) is 9.52. The van der Waals surface area contributed by atoms with Crippen molar-refractivity contribution in [1.82, 2.24) is 4.98 Å². The molecule has 1 aliphatic rings. The molecule has 2 rings (SSSR count). The molecule has 0 atom stereocenters. The SMILES string of the molecule is CN(CC(=O)O)c1nc2c(s1)CCCC2. The van der Waals surface area contributed by atoms with Crippen molar-refractivity contribution >= 4 is 22.4 Å². The largest absolute Gasteiger partial charge is 0.480 e. The fraction of sp³-hybridized carbons (Fsp3) is 0.600. The Hall–Kier alpha value is -1.10. The molecular formula is C10H14N2O2S. The number of aliphatic carboxylic acids is 1. The molecule has 1 aliphatic carbocycles. The Morgan fingerprint density at radius 3 is 2.93 bits per heavy atom. The lowest BCUT2D eigenvalue weighted by molar-refractivity contribution is -0.135. The van der Waals surface area contributed by atoms with Crippen LogP contribution in [0.25, 0.3) is 0 Å². The van der Waals surface area contributed by atoms with Crippen molar-refractivity contribution in [3.63, 3.8) is 0 Å². The molecule has 1 aromatic rings. The van der Waals surface area contributed by atoms with E-state index in [4.69, 9.17) is 5.11 Å². The van der Waals surface area contributed by atoms with Crippen LogP contribution in [0.5, 0.6) is 0 Å². The summed E-state index contributed by atoms with van der Waals surface area (Å²) < 4.78 is 0. The van der Waals surface area contributed by atoms with E-state index < -0.39 is 5.97 Å². The van der Waals surface area contributed by atoms with Crippen LogP contribution < -0.4 is 4.90 Å². The van der Waals surface area contributed by atoms with Crippen molar-refractivity contribution in [1.29, 1.82) is 0 Å². The average molecular weight is 226 g/mol. The lowest BCUT2D eigenvalue weighted by atomic mass is 10.0. The van der Waals surface area contributed by atoms with Gasteiger partial charge in [-0.05, 0) is 25.7 Å². The molecule has 1 aromatic heterocycles. The molecule has 0 aliphatic heterocycles. The maximum atomic E-state index is 10.6. The maximum Gasteiger partial charge on any atom is 0.323 e. The van der Waals surface area contributed by atoms with E-state index in [0.29, 0.717) is 0 Å². The number of hydrogen-bond donors (Lipinski definition) is 1. The van der Waals surface area contributed by atoms with E-state index in [9.17, 15) is 4.79 Å². The number of anilines is 1. The quantitative estimate of drug-likeness (QED) is 0.849. The summed E-state index contributed by atoms with van der Waals surface area (Å²) in [6, 6.07) is 0. The maximum absolute atomic E-state index is 10.6. The first-order valence-corrected chi connectivity index (χ1v) is 5.90. The Bertz CT molecular complexity index is 352. The molecule has 15 heavy (non-hydrogen) atoms. The normalized spacial score (nSPS) is 14.7. The summed E-state index contributed by atoms with van der Waals surface area (Å²) in [6.07, 6.45) is 4.59. The summed E-state index contributed by atoms with van der Waals surface area (Å²) in [5.41, 5.74) is 1.18. The Morgan fingerprint density at radius 2 is 2.27 bits per heavy atom. The lowest BCUT2D eigenvalue weighted by Gasteiger charge is -2.11. The van der Waals surface area contributed by atoms with Gasteiger partial charge in [-0.1, -0.05) is 0 Å². The topological polar surface area (TPSA) is 53.4 Å². The third-order valence-electron chi connectivity index (χ3n) is 2.53. The summed E-state index contributed by atoms with van der Waals surface area (Å²) in [7, 11) is 1.78. The fourth-order valence-corrected chi connectivity index (χ4v) is 2.88. The molecule has 0 saturated heterocycles. The van der Waals surface area contributed by atoms with Gasteiger partial charge in [0.15, 0.2) is 5.13 Å². The van der Waals surface area contributed by atoms with Crippen LogP contribution in [0, 0.1) is 0 Å². The molecule has 0 radical (unpaired) electrons. The Kier molecular flexibility index (Phi) is 2.90. The van der Waals surface area contributed by atoms with Gasteiger partial charge in [-0.3, -0.25) is 4.79 Å². The van der Waals surface area contributed by atoms with E-state index in [1.807, 2.05) is 0 Å². The number of thiazole rings is 1. The van der Waals surface area contributed by atoms with Crippen molar-refractivity contribution in [3.05, 3.63) is 10.6 Å². The Balaban J connectivity index is 2.15. The molecule has 5 heteroatoms. The van der Waals surface area contributed by atoms with Gasteiger partial charge in [-0.25, -0.2) is 4.98 Å². The minimum Gasteiger partial charge on any atom is -0.480 e. The van der Waals surface area contributed by atoms with Gasteiger partial charge < -0.3 is 10.0 Å². The van der Waals surface area contributed by atoms with Gasteiger partial charge in [0.05, 0.1) is 5.69 Å². The number of hydrogen-bond acceptors (Lipinski definition) is 4. The second-order valence-corrected chi connectivity index (χ2v) is 4.89. The second-order valence-electron chi connectivity index (χ2n) is 3.82. The van der Waals surface area contributed by atoms with Crippen LogP contribution in [0.15, 0.2) is 0 Å². The monoisotopic (exact) mass is 226 g/mol. The highest BCUT2D eigenvalue weighted by atomic mass is 32.1. The molecule has 4 nitrogen and oxygen atoms in total. The number of carbonyl (C=O) groups is 1. The van der Waals surface area contributed by atoms with Gasteiger partial charge in [0.25, 0.3) is 0 Å². The fourth-order valence-electron chi connectivity index (χ4n) is 1.77. The van der Waals surface area contributed by atoms with E-state index in [1.54, 1.807) is 23.3 Å². The summed E-state index contributed by atoms with van der Waals surface area (Å²) in [4.78, 5) is 18.1. The number of nitrogens with zero attached hydrogens (tertiary/aromatic N) is 2. The number of carboxylic acids is 1. The van der Waals surface area contributed by atoms with Gasteiger partial charge >= 0.3 is 5.97 Å². The van der Waals surface area contributed by atoms with Gasteiger partial charge in [0.2, 0.25) is 0 Å². The van der Waals surface area contributed by atoms with Crippen LogP contribution in [-0.2, 0) is 17.6 Å². The van der Waals surface area contributed by atoms with E-state index in [-0.39, 0.29) is 6.54 Å². The van der Waals surface area contributed by atoms with Crippen molar-refractivity contribution in [3.8, 4) is 0 Å². The number of likely N-dealkylation sites (N-methyl/N-ethyl adjacent to an activating group) is 1. The smallest absolute Gasteiger partial charge is 0.323 e. The third kappa shape index (κ3) is 2.28. The van der Waals surface area contributed by atoms with Crippen molar-refractivity contribution in [2.24, 2.45) is 0 Å². The summed E-state index contributed by atoms with van der Waals surface area (Å²) >= 11 is 1.64. The Morgan fingerprint density at radius 1 is 1.53 bits per heavy atom. The molecule has 0 saturated carbocycles. The highest BCUT2D eigenvalue weighted by Crippen LogP contribution is 2.30.